The molecule has 1 N–H and O–H groups in total. The van der Waals surface area contributed by atoms with Crippen molar-refractivity contribution in [3.05, 3.63) is 59.9 Å². The zero-order valence-corrected chi connectivity index (χ0v) is 23.2. The number of hydrogen-bond donors (Lipinski definition) is 1. The Labute approximate surface area is 225 Å². The number of para-hydroxylation sites is 1. The Bertz CT molecular complexity index is 1200. The van der Waals surface area contributed by atoms with Gasteiger partial charge in [-0.05, 0) is 56.0 Å². The molecule has 10 heteroatoms. The van der Waals surface area contributed by atoms with E-state index in [1.807, 2.05) is 18.2 Å². The van der Waals surface area contributed by atoms with Crippen LogP contribution in [0.3, 0.4) is 0 Å². The number of rotatable bonds is 12. The summed E-state index contributed by atoms with van der Waals surface area (Å²) in [4.78, 5) is 28.1. The molecule has 1 aliphatic carbocycles. The Hall–Kier alpha value is -3.14. The highest BCUT2D eigenvalue weighted by molar-refractivity contribution is 7.92. The lowest BCUT2D eigenvalue weighted by Gasteiger charge is -2.31. The molecular formula is C28H38FN3O5S. The number of halogens is 1. The molecule has 0 radical (unpaired) electrons. The van der Waals surface area contributed by atoms with Gasteiger partial charge in [-0.25, -0.2) is 12.8 Å². The number of carbonyl (C=O) groups is 2. The standard InChI is InChI=1S/C28H38FN3O5S/c1-21(28(34)30-23-12-5-4-6-13-23)31(20-22-11-9-14-24(19-22)37-2)27(33)17-10-18-32(38(3,35)36)26-16-8-7-15-25(26)29/h7-9,11,14-16,19,21,23H,4-6,10,12-13,17-18,20H2,1-3H3,(H,30,34). The lowest BCUT2D eigenvalue weighted by molar-refractivity contribution is -0.141. The van der Waals surface area contributed by atoms with Crippen LogP contribution in [0.15, 0.2) is 48.5 Å². The van der Waals surface area contributed by atoms with E-state index < -0.39 is 21.9 Å². The van der Waals surface area contributed by atoms with Gasteiger partial charge in [-0.3, -0.25) is 13.9 Å². The van der Waals surface area contributed by atoms with E-state index >= 15 is 0 Å². The van der Waals surface area contributed by atoms with E-state index in [4.69, 9.17) is 4.74 Å². The van der Waals surface area contributed by atoms with Gasteiger partial charge in [-0.1, -0.05) is 43.5 Å². The van der Waals surface area contributed by atoms with E-state index in [0.29, 0.717) is 5.75 Å². The van der Waals surface area contributed by atoms with Crippen LogP contribution < -0.4 is 14.4 Å². The topological polar surface area (TPSA) is 96.0 Å². The van der Waals surface area contributed by atoms with Crippen LogP contribution in [0, 0.1) is 5.82 Å². The molecule has 2 amide bonds. The predicted molar refractivity (Wildman–Crippen MR) is 146 cm³/mol. The third-order valence-electron chi connectivity index (χ3n) is 6.88. The molecule has 0 aromatic heterocycles. The van der Waals surface area contributed by atoms with Gasteiger partial charge in [0.05, 0.1) is 19.1 Å². The van der Waals surface area contributed by atoms with Crippen molar-refractivity contribution in [1.82, 2.24) is 10.2 Å². The lowest BCUT2D eigenvalue weighted by atomic mass is 9.95. The second kappa shape index (κ2) is 13.6. The number of amides is 2. The maximum Gasteiger partial charge on any atom is 0.242 e. The van der Waals surface area contributed by atoms with Crippen LogP contribution in [0.5, 0.6) is 5.75 Å². The highest BCUT2D eigenvalue weighted by atomic mass is 32.2. The van der Waals surface area contributed by atoms with Crippen LogP contribution in [0.1, 0.15) is 57.4 Å². The van der Waals surface area contributed by atoms with Crippen molar-refractivity contribution in [2.45, 2.75) is 70.5 Å². The summed E-state index contributed by atoms with van der Waals surface area (Å²) in [5.74, 6) is -0.516. The molecule has 0 saturated heterocycles. The molecule has 0 bridgehead atoms. The molecule has 0 heterocycles. The number of carbonyl (C=O) groups excluding carboxylic acids is 2. The van der Waals surface area contributed by atoms with Crippen LogP contribution in [-0.2, 0) is 26.2 Å². The number of anilines is 1. The smallest absolute Gasteiger partial charge is 0.242 e. The Morgan fingerprint density at radius 1 is 1.11 bits per heavy atom. The molecule has 2 aromatic carbocycles. The number of nitrogens with one attached hydrogen (secondary N) is 1. The van der Waals surface area contributed by atoms with E-state index in [1.54, 1.807) is 26.2 Å². The van der Waals surface area contributed by atoms with E-state index in [0.717, 1.165) is 41.8 Å². The third kappa shape index (κ3) is 8.18. The van der Waals surface area contributed by atoms with Crippen molar-refractivity contribution < 1.29 is 27.1 Å². The summed E-state index contributed by atoms with van der Waals surface area (Å²) in [5.41, 5.74) is 0.745. The summed E-state index contributed by atoms with van der Waals surface area (Å²) in [6, 6.07) is 12.3. The van der Waals surface area contributed by atoms with Crippen LogP contribution in [-0.4, -0.2) is 57.1 Å². The zero-order chi connectivity index (χ0) is 27.7. The fraction of sp³-hybridized carbons (Fsp3) is 0.500. The van der Waals surface area contributed by atoms with Gasteiger partial charge in [0, 0.05) is 25.6 Å². The summed E-state index contributed by atoms with van der Waals surface area (Å²) in [5, 5.41) is 3.10. The monoisotopic (exact) mass is 547 g/mol. The summed E-state index contributed by atoms with van der Waals surface area (Å²) < 4.78 is 45.4. The van der Waals surface area contributed by atoms with E-state index in [1.165, 1.54) is 29.5 Å². The molecule has 38 heavy (non-hydrogen) atoms. The minimum Gasteiger partial charge on any atom is -0.497 e. The molecule has 208 valence electrons. The number of nitrogens with zero attached hydrogens (tertiary/aromatic N) is 2. The Kier molecular flexibility index (Phi) is 10.5. The summed E-state index contributed by atoms with van der Waals surface area (Å²) >= 11 is 0. The maximum absolute atomic E-state index is 14.3. The largest absolute Gasteiger partial charge is 0.497 e. The molecule has 2 aromatic rings. The molecule has 0 aliphatic heterocycles. The maximum atomic E-state index is 14.3. The quantitative estimate of drug-likeness (QED) is 0.429. The Morgan fingerprint density at radius 3 is 2.47 bits per heavy atom. The Morgan fingerprint density at radius 2 is 1.82 bits per heavy atom. The van der Waals surface area contributed by atoms with Crippen LogP contribution >= 0.6 is 0 Å². The first kappa shape index (κ1) is 29.4. The first-order valence-electron chi connectivity index (χ1n) is 13.0. The van der Waals surface area contributed by atoms with Crippen molar-refractivity contribution in [3.63, 3.8) is 0 Å². The SMILES string of the molecule is COc1cccc(CN(C(=O)CCCN(c2ccccc2F)S(C)(=O)=O)C(C)C(=O)NC2CCCCC2)c1. The molecule has 0 spiro atoms. The van der Waals surface area contributed by atoms with E-state index in [9.17, 15) is 22.4 Å². The molecule has 1 atom stereocenters. The fourth-order valence-corrected chi connectivity index (χ4v) is 5.72. The molecule has 3 rings (SSSR count). The van der Waals surface area contributed by atoms with Crippen molar-refractivity contribution in [2.24, 2.45) is 0 Å². The normalized spacial score (nSPS) is 14.9. The number of sulfonamides is 1. The van der Waals surface area contributed by atoms with Gasteiger partial charge >= 0.3 is 0 Å². The highest BCUT2D eigenvalue weighted by Crippen LogP contribution is 2.23. The van der Waals surface area contributed by atoms with Gasteiger partial charge in [0.15, 0.2) is 0 Å². The number of methoxy groups -OCH3 is 1. The van der Waals surface area contributed by atoms with Crippen LogP contribution in [0.25, 0.3) is 0 Å². The predicted octanol–water partition coefficient (Wildman–Crippen LogP) is 4.25. The summed E-state index contributed by atoms with van der Waals surface area (Å²) in [6.07, 6.45) is 6.33. The van der Waals surface area contributed by atoms with Crippen LogP contribution in [0.2, 0.25) is 0 Å². The molecular weight excluding hydrogens is 509 g/mol. The van der Waals surface area contributed by atoms with Crippen molar-refractivity contribution in [3.8, 4) is 5.75 Å². The highest BCUT2D eigenvalue weighted by Gasteiger charge is 2.28. The minimum absolute atomic E-state index is 0.00844. The molecule has 1 saturated carbocycles. The van der Waals surface area contributed by atoms with Crippen molar-refractivity contribution >= 4 is 27.5 Å². The van der Waals surface area contributed by atoms with Gasteiger partial charge in [-0.2, -0.15) is 0 Å². The summed E-state index contributed by atoms with van der Waals surface area (Å²) in [6.45, 7) is 1.83. The van der Waals surface area contributed by atoms with E-state index in [-0.39, 0.29) is 49.5 Å². The first-order chi connectivity index (χ1) is 18.1. The summed E-state index contributed by atoms with van der Waals surface area (Å²) in [7, 11) is -2.21. The van der Waals surface area contributed by atoms with E-state index in [2.05, 4.69) is 5.32 Å². The third-order valence-corrected chi connectivity index (χ3v) is 8.06. The molecule has 1 fully saturated rings. The number of benzene rings is 2. The van der Waals surface area contributed by atoms with Gasteiger partial charge in [0.1, 0.15) is 17.6 Å². The minimum atomic E-state index is -3.77. The van der Waals surface area contributed by atoms with Crippen LogP contribution in [0.4, 0.5) is 10.1 Å². The average molecular weight is 548 g/mol. The van der Waals surface area contributed by atoms with Gasteiger partial charge < -0.3 is 15.0 Å². The van der Waals surface area contributed by atoms with Gasteiger partial charge in [0.25, 0.3) is 0 Å². The zero-order valence-electron chi connectivity index (χ0n) is 22.4. The molecule has 1 aliphatic rings. The fourth-order valence-electron chi connectivity index (χ4n) is 4.76. The number of hydrogen-bond acceptors (Lipinski definition) is 5. The van der Waals surface area contributed by atoms with Crippen molar-refractivity contribution in [2.75, 3.05) is 24.2 Å². The number of ether oxygens (including phenoxy) is 1. The average Bonchev–Trinajstić information content (AvgIpc) is 2.90. The van der Waals surface area contributed by atoms with Crippen molar-refractivity contribution in [1.29, 1.82) is 0 Å². The van der Waals surface area contributed by atoms with Gasteiger partial charge in [0.2, 0.25) is 21.8 Å². The Balaban J connectivity index is 1.74. The second-order valence-corrected chi connectivity index (χ2v) is 11.7. The molecule has 1 unspecified atom stereocenters. The molecule has 8 nitrogen and oxygen atoms in total. The van der Waals surface area contributed by atoms with Gasteiger partial charge in [-0.15, -0.1) is 0 Å². The second-order valence-electron chi connectivity index (χ2n) is 9.78. The first-order valence-corrected chi connectivity index (χ1v) is 14.9. The lowest BCUT2D eigenvalue weighted by Crippen LogP contribution is -2.50.